The van der Waals surface area contributed by atoms with Crippen molar-refractivity contribution in [3.8, 4) is 0 Å². The van der Waals surface area contributed by atoms with E-state index in [1.165, 1.54) is 25.9 Å². The molecule has 22 heavy (non-hydrogen) atoms. The molecule has 0 radical (unpaired) electrons. The Morgan fingerprint density at radius 3 is 3.00 bits per heavy atom. The zero-order chi connectivity index (χ0) is 14.6. The maximum Gasteiger partial charge on any atom is 0.291 e. The Labute approximate surface area is 128 Å². The minimum Gasteiger partial charge on any atom is -0.464 e. The van der Waals surface area contributed by atoms with E-state index in [0.29, 0.717) is 11.9 Å². The summed E-state index contributed by atoms with van der Waals surface area (Å²) in [5.41, 5.74) is 0.692. The highest BCUT2D eigenvalue weighted by Gasteiger charge is 2.51. The Balaban J connectivity index is 1.39. The fraction of sp³-hybridized carbons (Fsp3) is 0.500. The van der Waals surface area contributed by atoms with E-state index >= 15 is 0 Å². The van der Waals surface area contributed by atoms with Crippen molar-refractivity contribution in [2.75, 3.05) is 31.5 Å². The maximum atomic E-state index is 6.28. The van der Waals surface area contributed by atoms with Gasteiger partial charge in [-0.25, -0.2) is 9.98 Å². The molecule has 0 amide bonds. The van der Waals surface area contributed by atoms with Crippen LogP contribution < -0.4 is 5.32 Å². The number of amidine groups is 1. The first-order chi connectivity index (χ1) is 10.8. The number of aliphatic imine (C=N–C) groups is 1. The Morgan fingerprint density at radius 1 is 1.27 bits per heavy atom. The lowest BCUT2D eigenvalue weighted by Gasteiger charge is -2.50. The first-order valence-electron chi connectivity index (χ1n) is 7.87. The Bertz CT molecular complexity index is 747. The van der Waals surface area contributed by atoms with Crippen molar-refractivity contribution in [2.24, 2.45) is 10.9 Å². The predicted molar refractivity (Wildman–Crippen MR) is 82.9 cm³/mol. The van der Waals surface area contributed by atoms with Crippen LogP contribution in [0.25, 0.3) is 11.0 Å². The highest BCUT2D eigenvalue weighted by Crippen LogP contribution is 2.41. The number of aromatic nitrogens is 1. The van der Waals surface area contributed by atoms with Crippen molar-refractivity contribution < 1.29 is 9.15 Å². The van der Waals surface area contributed by atoms with Gasteiger partial charge in [-0.1, -0.05) is 0 Å². The van der Waals surface area contributed by atoms with Gasteiger partial charge in [0.2, 0.25) is 0 Å². The number of rotatable bonds is 1. The standard InChI is InChI=1S/C16H18N4O2/c1-5-17-14(12-4-8-21-13(1)12)19-15-18-9-16(22-15)10-20-6-2-11(16)3-7-20/h1,4-5,8,11H,2-3,6-7,9-10H2,(H,17,18,19)/t16-/m0/s1. The predicted octanol–water partition coefficient (Wildman–Crippen LogP) is 2.09. The van der Waals surface area contributed by atoms with Gasteiger partial charge in [0.25, 0.3) is 6.02 Å². The molecule has 6 heteroatoms. The van der Waals surface area contributed by atoms with Crippen LogP contribution in [0.3, 0.4) is 0 Å². The van der Waals surface area contributed by atoms with Crippen LogP contribution in [0.15, 0.2) is 34.0 Å². The monoisotopic (exact) mass is 298 g/mol. The van der Waals surface area contributed by atoms with Crippen LogP contribution in [0, 0.1) is 5.92 Å². The van der Waals surface area contributed by atoms with Gasteiger partial charge in [-0.05, 0) is 38.1 Å². The topological polar surface area (TPSA) is 62.9 Å². The highest BCUT2D eigenvalue weighted by molar-refractivity contribution is 5.98. The molecule has 2 aromatic rings. The van der Waals surface area contributed by atoms with Crippen LogP contribution in [0.1, 0.15) is 12.8 Å². The third kappa shape index (κ3) is 1.76. The average Bonchev–Trinajstić information content (AvgIpc) is 3.17. The Morgan fingerprint density at radius 2 is 2.18 bits per heavy atom. The molecule has 0 unspecified atom stereocenters. The van der Waals surface area contributed by atoms with Crippen molar-refractivity contribution >= 4 is 22.8 Å². The number of nitrogens with zero attached hydrogens (tertiary/aromatic N) is 3. The zero-order valence-electron chi connectivity index (χ0n) is 12.3. The van der Waals surface area contributed by atoms with Gasteiger partial charge in [0.15, 0.2) is 0 Å². The van der Waals surface area contributed by atoms with Gasteiger partial charge in [-0.2, -0.15) is 0 Å². The quantitative estimate of drug-likeness (QED) is 0.873. The van der Waals surface area contributed by atoms with Crippen LogP contribution in [-0.4, -0.2) is 47.7 Å². The molecule has 1 spiro atoms. The molecular formula is C16H18N4O2. The summed E-state index contributed by atoms with van der Waals surface area (Å²) in [7, 11) is 0. The van der Waals surface area contributed by atoms with E-state index in [0.717, 1.165) is 29.9 Å². The van der Waals surface area contributed by atoms with Gasteiger partial charge in [0, 0.05) is 18.7 Å². The fourth-order valence-corrected chi connectivity index (χ4v) is 4.04. The van der Waals surface area contributed by atoms with Crippen LogP contribution >= 0.6 is 0 Å². The number of nitrogens with one attached hydrogen (secondary N) is 1. The van der Waals surface area contributed by atoms with E-state index in [4.69, 9.17) is 9.15 Å². The van der Waals surface area contributed by atoms with Crippen molar-refractivity contribution in [1.82, 2.24) is 9.88 Å². The van der Waals surface area contributed by atoms with Gasteiger partial charge >= 0.3 is 0 Å². The SMILES string of the molecule is c1cc2occc2c(NC2=NC[C@@]3(CN4CCC3CC4)O2)n1. The van der Waals surface area contributed by atoms with Crippen LogP contribution in [0.4, 0.5) is 5.82 Å². The van der Waals surface area contributed by atoms with Crippen molar-refractivity contribution in [3.63, 3.8) is 0 Å². The summed E-state index contributed by atoms with van der Waals surface area (Å²) >= 11 is 0. The molecule has 3 saturated heterocycles. The number of anilines is 1. The lowest BCUT2D eigenvalue weighted by molar-refractivity contribution is -0.0829. The minimum absolute atomic E-state index is 0.122. The molecule has 2 bridgehead atoms. The van der Waals surface area contributed by atoms with Crippen LogP contribution in [0.5, 0.6) is 0 Å². The molecule has 6 rings (SSSR count). The van der Waals surface area contributed by atoms with E-state index in [2.05, 4.69) is 20.2 Å². The highest BCUT2D eigenvalue weighted by atomic mass is 16.5. The van der Waals surface area contributed by atoms with Gasteiger partial charge in [-0.15, -0.1) is 0 Å². The lowest BCUT2D eigenvalue weighted by Crippen LogP contribution is -2.61. The molecule has 0 aromatic carbocycles. The van der Waals surface area contributed by atoms with Gasteiger partial charge < -0.3 is 9.15 Å². The smallest absolute Gasteiger partial charge is 0.291 e. The number of furan rings is 1. The molecule has 3 fully saturated rings. The number of hydrogen-bond donors (Lipinski definition) is 1. The number of pyridine rings is 1. The average molecular weight is 298 g/mol. The molecule has 6 nitrogen and oxygen atoms in total. The molecule has 1 N–H and O–H groups in total. The molecule has 6 heterocycles. The van der Waals surface area contributed by atoms with Gasteiger partial charge in [0.05, 0.1) is 18.2 Å². The number of fused-ring (bicyclic) bond motifs is 3. The summed E-state index contributed by atoms with van der Waals surface area (Å²) in [6.45, 7) is 4.15. The molecule has 2 aromatic heterocycles. The second kappa shape index (κ2) is 4.46. The number of hydrogen-bond acceptors (Lipinski definition) is 6. The summed E-state index contributed by atoms with van der Waals surface area (Å²) in [4.78, 5) is 11.5. The number of ether oxygens (including phenoxy) is 1. The van der Waals surface area contributed by atoms with Crippen molar-refractivity contribution in [1.29, 1.82) is 0 Å². The fourth-order valence-electron chi connectivity index (χ4n) is 4.04. The Kier molecular flexibility index (Phi) is 2.52. The normalized spacial score (nSPS) is 33.2. The number of piperidine rings is 3. The zero-order valence-corrected chi connectivity index (χ0v) is 12.3. The van der Waals surface area contributed by atoms with Crippen molar-refractivity contribution in [3.05, 3.63) is 24.6 Å². The lowest BCUT2D eigenvalue weighted by atomic mass is 9.75. The van der Waals surface area contributed by atoms with Crippen LogP contribution in [0.2, 0.25) is 0 Å². The third-order valence-corrected chi connectivity index (χ3v) is 5.22. The second-order valence-corrected chi connectivity index (χ2v) is 6.46. The summed E-state index contributed by atoms with van der Waals surface area (Å²) in [5.74, 6) is 1.36. The third-order valence-electron chi connectivity index (χ3n) is 5.22. The molecule has 4 aliphatic heterocycles. The molecular weight excluding hydrogens is 280 g/mol. The summed E-state index contributed by atoms with van der Waals surface area (Å²) in [5, 5.41) is 4.19. The first-order valence-corrected chi connectivity index (χ1v) is 7.87. The maximum absolute atomic E-state index is 6.28. The molecule has 0 saturated carbocycles. The van der Waals surface area contributed by atoms with E-state index < -0.39 is 0 Å². The van der Waals surface area contributed by atoms with Crippen molar-refractivity contribution in [2.45, 2.75) is 18.4 Å². The molecule has 114 valence electrons. The van der Waals surface area contributed by atoms with Gasteiger partial charge in [0.1, 0.15) is 17.0 Å². The van der Waals surface area contributed by atoms with Gasteiger partial charge in [-0.3, -0.25) is 10.2 Å². The second-order valence-electron chi connectivity index (χ2n) is 6.46. The minimum atomic E-state index is -0.122. The first kappa shape index (κ1) is 12.5. The molecule has 0 aliphatic carbocycles. The molecule has 1 atom stereocenters. The summed E-state index contributed by atoms with van der Waals surface area (Å²) in [6.07, 6.45) is 5.84. The van der Waals surface area contributed by atoms with E-state index in [9.17, 15) is 0 Å². The van der Waals surface area contributed by atoms with Crippen LogP contribution in [-0.2, 0) is 4.74 Å². The summed E-state index contributed by atoms with van der Waals surface area (Å²) in [6, 6.07) is 4.35. The van der Waals surface area contributed by atoms with E-state index in [-0.39, 0.29) is 5.60 Å². The van der Waals surface area contributed by atoms with E-state index in [1.54, 1.807) is 12.5 Å². The van der Waals surface area contributed by atoms with E-state index in [1.807, 2.05) is 12.1 Å². The Hall–Kier alpha value is -2.08. The summed E-state index contributed by atoms with van der Waals surface area (Å²) < 4.78 is 11.7. The molecule has 4 aliphatic rings. The largest absolute Gasteiger partial charge is 0.464 e.